The maximum absolute atomic E-state index is 12.7. The number of nitrogens with zero attached hydrogens (tertiary/aromatic N) is 2. The van der Waals surface area contributed by atoms with Gasteiger partial charge in [0.25, 0.3) is 11.5 Å². The number of fused-ring (bicyclic) bond motifs is 2. The Morgan fingerprint density at radius 2 is 2.00 bits per heavy atom. The Kier molecular flexibility index (Phi) is 4.17. The minimum Gasteiger partial charge on any atom is -0.349 e. The molecule has 0 atom stereocenters. The van der Waals surface area contributed by atoms with E-state index in [1.54, 1.807) is 36.5 Å². The van der Waals surface area contributed by atoms with Crippen LogP contribution >= 0.6 is 11.6 Å². The van der Waals surface area contributed by atoms with E-state index in [2.05, 4.69) is 10.3 Å². The van der Waals surface area contributed by atoms with Gasteiger partial charge in [-0.25, -0.2) is 4.98 Å². The van der Waals surface area contributed by atoms with Gasteiger partial charge in [-0.1, -0.05) is 30.9 Å². The van der Waals surface area contributed by atoms with Gasteiger partial charge in [0, 0.05) is 17.3 Å². The molecule has 25 heavy (non-hydrogen) atoms. The van der Waals surface area contributed by atoms with Crippen molar-refractivity contribution < 1.29 is 4.79 Å². The topological polar surface area (TPSA) is 63.5 Å². The third-order valence-electron chi connectivity index (χ3n) is 4.79. The normalized spacial score (nSPS) is 15.6. The van der Waals surface area contributed by atoms with Gasteiger partial charge in [0.1, 0.15) is 0 Å². The number of halogens is 1. The van der Waals surface area contributed by atoms with E-state index in [1.807, 2.05) is 0 Å². The van der Waals surface area contributed by atoms with Gasteiger partial charge in [-0.05, 0) is 43.2 Å². The van der Waals surface area contributed by atoms with Gasteiger partial charge in [-0.3, -0.25) is 14.0 Å². The summed E-state index contributed by atoms with van der Waals surface area (Å²) in [7, 11) is 0. The van der Waals surface area contributed by atoms with Crippen LogP contribution in [0.5, 0.6) is 0 Å². The average Bonchev–Trinajstić information content (AvgIpc) is 2.62. The summed E-state index contributed by atoms with van der Waals surface area (Å²) >= 11 is 6.03. The lowest BCUT2D eigenvalue weighted by Gasteiger charge is -2.23. The predicted molar refractivity (Wildman–Crippen MR) is 98.3 cm³/mol. The maximum atomic E-state index is 12.7. The second-order valence-electron chi connectivity index (χ2n) is 6.50. The molecule has 1 saturated carbocycles. The molecule has 1 aromatic carbocycles. The first kappa shape index (κ1) is 16.1. The van der Waals surface area contributed by atoms with Crippen molar-refractivity contribution in [2.45, 2.75) is 38.1 Å². The fourth-order valence-electron chi connectivity index (χ4n) is 3.49. The van der Waals surface area contributed by atoms with E-state index in [9.17, 15) is 9.59 Å². The van der Waals surface area contributed by atoms with E-state index < -0.39 is 0 Å². The molecule has 1 aliphatic rings. The van der Waals surface area contributed by atoms with Crippen LogP contribution in [-0.2, 0) is 0 Å². The van der Waals surface area contributed by atoms with Gasteiger partial charge >= 0.3 is 0 Å². The van der Waals surface area contributed by atoms with Crippen molar-refractivity contribution in [3.05, 3.63) is 57.5 Å². The lowest BCUT2D eigenvalue weighted by molar-refractivity contribution is 0.0929. The van der Waals surface area contributed by atoms with Crippen LogP contribution in [0.3, 0.4) is 0 Å². The fourth-order valence-corrected chi connectivity index (χ4v) is 3.65. The van der Waals surface area contributed by atoms with Gasteiger partial charge in [0.05, 0.1) is 16.5 Å². The van der Waals surface area contributed by atoms with Gasteiger partial charge in [0.2, 0.25) is 0 Å². The molecule has 128 valence electrons. The highest BCUT2D eigenvalue weighted by Gasteiger charge is 2.19. The van der Waals surface area contributed by atoms with Crippen molar-refractivity contribution in [1.29, 1.82) is 0 Å². The molecule has 1 amide bonds. The van der Waals surface area contributed by atoms with Crippen LogP contribution in [-0.4, -0.2) is 21.3 Å². The monoisotopic (exact) mass is 355 g/mol. The van der Waals surface area contributed by atoms with Crippen LogP contribution in [0.2, 0.25) is 5.02 Å². The number of aromatic nitrogens is 2. The third-order valence-corrected chi connectivity index (χ3v) is 5.02. The number of rotatable bonds is 2. The largest absolute Gasteiger partial charge is 0.349 e. The first-order chi connectivity index (χ1) is 12.1. The smallest absolute Gasteiger partial charge is 0.265 e. The van der Waals surface area contributed by atoms with Crippen molar-refractivity contribution in [2.24, 2.45) is 0 Å². The summed E-state index contributed by atoms with van der Waals surface area (Å²) in [6, 6.07) is 8.58. The minimum atomic E-state index is -0.205. The van der Waals surface area contributed by atoms with Crippen LogP contribution in [0.1, 0.15) is 42.5 Å². The zero-order chi connectivity index (χ0) is 17.4. The third kappa shape index (κ3) is 3.00. The summed E-state index contributed by atoms with van der Waals surface area (Å²) < 4.78 is 1.42. The Morgan fingerprint density at radius 3 is 2.80 bits per heavy atom. The lowest BCUT2D eigenvalue weighted by atomic mass is 9.95. The summed E-state index contributed by atoms with van der Waals surface area (Å²) in [5.41, 5.74) is 1.06. The Labute approximate surface area is 149 Å². The molecule has 0 aliphatic heterocycles. The number of carbonyl (C=O) groups excluding carboxylic acids is 1. The van der Waals surface area contributed by atoms with Crippen molar-refractivity contribution in [3.8, 4) is 0 Å². The van der Waals surface area contributed by atoms with Crippen molar-refractivity contribution in [3.63, 3.8) is 0 Å². The van der Waals surface area contributed by atoms with E-state index in [4.69, 9.17) is 11.6 Å². The summed E-state index contributed by atoms with van der Waals surface area (Å²) in [6.07, 6.45) is 7.15. The standard InChI is InChI=1S/C19H18ClN3O2/c20-12-8-9-14-16(11-12)22-17-15(7-4-10-23(17)19(14)25)18(24)21-13-5-2-1-3-6-13/h4,7-11,13H,1-3,5-6H2,(H,21,24). The molecule has 0 unspecified atom stereocenters. The van der Waals surface area contributed by atoms with E-state index in [0.717, 1.165) is 25.7 Å². The van der Waals surface area contributed by atoms with E-state index in [1.165, 1.54) is 10.8 Å². The Hall–Kier alpha value is -2.40. The Bertz CT molecular complexity index is 1020. The molecule has 1 fully saturated rings. The second kappa shape index (κ2) is 6.48. The van der Waals surface area contributed by atoms with Crippen LogP contribution in [0.25, 0.3) is 16.6 Å². The molecule has 4 rings (SSSR count). The molecule has 2 heterocycles. The Balaban J connectivity index is 1.82. The SMILES string of the molecule is O=C(NC1CCCCC1)c1cccn2c(=O)c3ccc(Cl)cc3nc12. The number of hydrogen-bond donors (Lipinski definition) is 1. The molecule has 6 heteroatoms. The number of amides is 1. The van der Waals surface area contributed by atoms with E-state index >= 15 is 0 Å². The minimum absolute atomic E-state index is 0.182. The zero-order valence-corrected chi connectivity index (χ0v) is 14.4. The summed E-state index contributed by atoms with van der Waals surface area (Å²) in [5.74, 6) is -0.182. The van der Waals surface area contributed by atoms with Crippen LogP contribution in [0.15, 0.2) is 41.3 Å². The molecule has 5 nitrogen and oxygen atoms in total. The van der Waals surface area contributed by atoms with Crippen LogP contribution in [0, 0.1) is 0 Å². The number of carbonyl (C=O) groups is 1. The van der Waals surface area contributed by atoms with Crippen LogP contribution in [0.4, 0.5) is 0 Å². The fraction of sp³-hybridized carbons (Fsp3) is 0.316. The molecule has 0 spiro atoms. The molecule has 0 radical (unpaired) electrons. The first-order valence-corrected chi connectivity index (χ1v) is 8.93. The molecule has 0 bridgehead atoms. The number of benzene rings is 1. The maximum Gasteiger partial charge on any atom is 0.265 e. The first-order valence-electron chi connectivity index (χ1n) is 8.55. The molecule has 3 aromatic rings. The highest BCUT2D eigenvalue weighted by molar-refractivity contribution is 6.31. The molecule has 1 N–H and O–H groups in total. The van der Waals surface area contributed by atoms with Crippen molar-refractivity contribution >= 4 is 34.1 Å². The average molecular weight is 356 g/mol. The Morgan fingerprint density at radius 1 is 1.20 bits per heavy atom. The molecular weight excluding hydrogens is 338 g/mol. The van der Waals surface area contributed by atoms with Gasteiger partial charge in [-0.2, -0.15) is 0 Å². The van der Waals surface area contributed by atoms with Crippen molar-refractivity contribution in [1.82, 2.24) is 14.7 Å². The quantitative estimate of drug-likeness (QED) is 0.715. The number of hydrogen-bond acceptors (Lipinski definition) is 3. The molecular formula is C19H18ClN3O2. The predicted octanol–water partition coefficient (Wildman–Crippen LogP) is 3.56. The summed E-state index contributed by atoms with van der Waals surface area (Å²) in [4.78, 5) is 30.0. The zero-order valence-electron chi connectivity index (χ0n) is 13.7. The van der Waals surface area contributed by atoms with Gasteiger partial charge < -0.3 is 5.32 Å². The highest BCUT2D eigenvalue weighted by atomic mass is 35.5. The van der Waals surface area contributed by atoms with Crippen molar-refractivity contribution in [2.75, 3.05) is 0 Å². The second-order valence-corrected chi connectivity index (χ2v) is 6.94. The van der Waals surface area contributed by atoms with Gasteiger partial charge in [0.15, 0.2) is 5.65 Å². The number of nitrogens with one attached hydrogen (secondary N) is 1. The van der Waals surface area contributed by atoms with E-state index in [-0.39, 0.29) is 17.5 Å². The summed E-state index contributed by atoms with van der Waals surface area (Å²) in [6.45, 7) is 0. The molecule has 2 aromatic heterocycles. The van der Waals surface area contributed by atoms with Crippen LogP contribution < -0.4 is 10.9 Å². The lowest BCUT2D eigenvalue weighted by Crippen LogP contribution is -2.36. The molecule has 0 saturated heterocycles. The summed E-state index contributed by atoms with van der Waals surface area (Å²) in [5, 5.41) is 4.07. The number of pyridine rings is 1. The molecule has 1 aliphatic carbocycles. The van der Waals surface area contributed by atoms with Gasteiger partial charge in [-0.15, -0.1) is 0 Å². The van der Waals surface area contributed by atoms with E-state index in [0.29, 0.717) is 27.1 Å². The highest BCUT2D eigenvalue weighted by Crippen LogP contribution is 2.20.